The van der Waals surface area contributed by atoms with Crippen molar-refractivity contribution in [2.24, 2.45) is 0 Å². The molecule has 24 heavy (non-hydrogen) atoms. The largest absolute Gasteiger partial charge is 0.478 e. The molecular formula is C17H21N3O4. The number of aromatic carboxylic acids is 1. The molecule has 0 spiro atoms. The van der Waals surface area contributed by atoms with Gasteiger partial charge in [0, 0.05) is 25.2 Å². The van der Waals surface area contributed by atoms with Gasteiger partial charge in [0.05, 0.1) is 29.6 Å². The predicted molar refractivity (Wildman–Crippen MR) is 86.2 cm³/mol. The second-order valence-corrected chi connectivity index (χ2v) is 6.39. The Bertz CT molecular complexity index is 739. The standard InChI is InChI=1S/C17H21N3O4/c1-11(2)15-14(5-8-24-15)16(21)19-6-3-13(4-7-19)20-10-12(9-18-20)17(22)23/h5,8-11,13H,3-4,6-7H2,1-2H3,(H,22,23). The summed E-state index contributed by atoms with van der Waals surface area (Å²) in [5.74, 6) is -0.0945. The molecule has 0 bridgehead atoms. The van der Waals surface area contributed by atoms with Gasteiger partial charge in [0.15, 0.2) is 0 Å². The van der Waals surface area contributed by atoms with Crippen molar-refractivity contribution >= 4 is 11.9 Å². The lowest BCUT2D eigenvalue weighted by Crippen LogP contribution is -2.39. The maximum absolute atomic E-state index is 12.7. The summed E-state index contributed by atoms with van der Waals surface area (Å²) in [6.07, 6.45) is 5.98. The summed E-state index contributed by atoms with van der Waals surface area (Å²) in [5.41, 5.74) is 0.823. The summed E-state index contributed by atoms with van der Waals surface area (Å²) < 4.78 is 7.13. The maximum atomic E-state index is 12.7. The highest BCUT2D eigenvalue weighted by Gasteiger charge is 2.28. The van der Waals surface area contributed by atoms with Crippen LogP contribution in [0, 0.1) is 0 Å². The maximum Gasteiger partial charge on any atom is 0.338 e. The highest BCUT2D eigenvalue weighted by Crippen LogP contribution is 2.26. The van der Waals surface area contributed by atoms with Gasteiger partial charge in [-0.05, 0) is 18.9 Å². The number of hydrogen-bond donors (Lipinski definition) is 1. The van der Waals surface area contributed by atoms with E-state index in [2.05, 4.69) is 5.10 Å². The Hall–Kier alpha value is -2.57. The molecule has 0 aliphatic carbocycles. The summed E-state index contributed by atoms with van der Waals surface area (Å²) in [6.45, 7) is 5.24. The van der Waals surface area contributed by atoms with E-state index in [0.717, 1.165) is 18.6 Å². The molecule has 1 N–H and O–H groups in total. The first-order valence-corrected chi connectivity index (χ1v) is 8.11. The fourth-order valence-electron chi connectivity index (χ4n) is 3.10. The lowest BCUT2D eigenvalue weighted by atomic mass is 10.0. The molecule has 0 atom stereocenters. The van der Waals surface area contributed by atoms with Crippen molar-refractivity contribution in [3.05, 3.63) is 41.6 Å². The minimum absolute atomic E-state index is 0.00223. The Morgan fingerprint density at radius 2 is 2.04 bits per heavy atom. The summed E-state index contributed by atoms with van der Waals surface area (Å²) in [7, 11) is 0. The van der Waals surface area contributed by atoms with Crippen LogP contribution >= 0.6 is 0 Å². The second kappa shape index (κ2) is 6.51. The normalized spacial score (nSPS) is 15.9. The zero-order chi connectivity index (χ0) is 17.3. The molecule has 7 heteroatoms. The van der Waals surface area contributed by atoms with E-state index in [0.29, 0.717) is 18.7 Å². The molecule has 128 valence electrons. The van der Waals surface area contributed by atoms with Crippen LogP contribution in [0.15, 0.2) is 29.1 Å². The van der Waals surface area contributed by atoms with Crippen molar-refractivity contribution in [2.45, 2.75) is 38.6 Å². The monoisotopic (exact) mass is 331 g/mol. The fraction of sp³-hybridized carbons (Fsp3) is 0.471. The zero-order valence-corrected chi connectivity index (χ0v) is 13.8. The van der Waals surface area contributed by atoms with E-state index in [4.69, 9.17) is 9.52 Å². The first kappa shape index (κ1) is 16.3. The van der Waals surface area contributed by atoms with E-state index in [-0.39, 0.29) is 23.4 Å². The highest BCUT2D eigenvalue weighted by molar-refractivity contribution is 5.95. The van der Waals surface area contributed by atoms with E-state index in [9.17, 15) is 9.59 Å². The predicted octanol–water partition coefficient (Wildman–Crippen LogP) is 2.78. The highest BCUT2D eigenvalue weighted by atomic mass is 16.4. The van der Waals surface area contributed by atoms with Crippen LogP contribution in [0.2, 0.25) is 0 Å². The molecule has 3 rings (SSSR count). The molecule has 2 aromatic heterocycles. The number of carboxylic acids is 1. The Labute approximate surface area is 139 Å². The minimum Gasteiger partial charge on any atom is -0.478 e. The number of carbonyl (C=O) groups excluding carboxylic acids is 1. The molecule has 0 unspecified atom stereocenters. The van der Waals surface area contributed by atoms with Gasteiger partial charge in [-0.2, -0.15) is 5.10 Å². The van der Waals surface area contributed by atoms with Crippen molar-refractivity contribution in [2.75, 3.05) is 13.1 Å². The molecule has 0 radical (unpaired) electrons. The third-order valence-corrected chi connectivity index (χ3v) is 4.42. The quantitative estimate of drug-likeness (QED) is 0.930. The van der Waals surface area contributed by atoms with E-state index < -0.39 is 5.97 Å². The fourth-order valence-corrected chi connectivity index (χ4v) is 3.10. The van der Waals surface area contributed by atoms with Gasteiger partial charge in [-0.15, -0.1) is 0 Å². The molecule has 1 fully saturated rings. The summed E-state index contributed by atoms with van der Waals surface area (Å²) >= 11 is 0. The summed E-state index contributed by atoms with van der Waals surface area (Å²) in [5, 5.41) is 13.1. The molecular weight excluding hydrogens is 310 g/mol. The van der Waals surface area contributed by atoms with Gasteiger partial charge in [0.1, 0.15) is 5.76 Å². The molecule has 2 aromatic rings. The SMILES string of the molecule is CC(C)c1occc1C(=O)N1CCC(n2cc(C(=O)O)cn2)CC1. The van der Waals surface area contributed by atoms with Crippen LogP contribution in [-0.2, 0) is 0 Å². The smallest absolute Gasteiger partial charge is 0.338 e. The number of aromatic nitrogens is 2. The molecule has 7 nitrogen and oxygen atoms in total. The van der Waals surface area contributed by atoms with Gasteiger partial charge in [0.25, 0.3) is 5.91 Å². The number of nitrogens with zero attached hydrogens (tertiary/aromatic N) is 3. The topological polar surface area (TPSA) is 88.6 Å². The summed E-state index contributed by atoms with van der Waals surface area (Å²) in [4.78, 5) is 25.5. The first-order valence-electron chi connectivity index (χ1n) is 8.11. The molecule has 1 aliphatic rings. The van der Waals surface area contributed by atoms with Crippen molar-refractivity contribution in [3.63, 3.8) is 0 Å². The third-order valence-electron chi connectivity index (χ3n) is 4.42. The summed E-state index contributed by atoms with van der Waals surface area (Å²) in [6, 6.07) is 1.85. The second-order valence-electron chi connectivity index (χ2n) is 6.39. The van der Waals surface area contributed by atoms with E-state index in [1.54, 1.807) is 23.2 Å². The number of rotatable bonds is 4. The first-order chi connectivity index (χ1) is 11.5. The van der Waals surface area contributed by atoms with Crippen molar-refractivity contribution in [3.8, 4) is 0 Å². The number of piperidine rings is 1. The Morgan fingerprint density at radius 3 is 2.62 bits per heavy atom. The van der Waals surface area contributed by atoms with Gasteiger partial charge in [-0.1, -0.05) is 13.8 Å². The van der Waals surface area contributed by atoms with Crippen LogP contribution in [0.3, 0.4) is 0 Å². The number of hydrogen-bond acceptors (Lipinski definition) is 4. The lowest BCUT2D eigenvalue weighted by Gasteiger charge is -2.32. The van der Waals surface area contributed by atoms with Gasteiger partial charge in [-0.3, -0.25) is 9.48 Å². The van der Waals surface area contributed by atoms with Gasteiger partial charge < -0.3 is 14.4 Å². The van der Waals surface area contributed by atoms with E-state index in [1.165, 1.54) is 6.20 Å². The average Bonchev–Trinajstić information content (AvgIpc) is 3.23. The molecule has 1 aliphatic heterocycles. The third kappa shape index (κ3) is 3.06. The molecule has 1 amide bonds. The van der Waals surface area contributed by atoms with Crippen molar-refractivity contribution < 1.29 is 19.1 Å². The Morgan fingerprint density at radius 1 is 1.33 bits per heavy atom. The minimum atomic E-state index is -0.977. The molecule has 3 heterocycles. The van der Waals surface area contributed by atoms with Gasteiger partial charge >= 0.3 is 5.97 Å². The number of amides is 1. The van der Waals surface area contributed by atoms with Crippen LogP contribution in [0.5, 0.6) is 0 Å². The number of carbonyl (C=O) groups is 2. The number of furan rings is 1. The van der Waals surface area contributed by atoms with E-state index in [1.807, 2.05) is 18.7 Å². The molecule has 0 aromatic carbocycles. The van der Waals surface area contributed by atoms with Crippen LogP contribution in [-0.4, -0.2) is 44.8 Å². The Kier molecular flexibility index (Phi) is 4.42. The molecule has 1 saturated heterocycles. The average molecular weight is 331 g/mol. The number of carboxylic acid groups (broad SMARTS) is 1. The molecule has 0 saturated carbocycles. The van der Waals surface area contributed by atoms with Crippen molar-refractivity contribution in [1.29, 1.82) is 0 Å². The van der Waals surface area contributed by atoms with Crippen LogP contribution < -0.4 is 0 Å². The van der Waals surface area contributed by atoms with E-state index >= 15 is 0 Å². The number of likely N-dealkylation sites (tertiary alicyclic amines) is 1. The Balaban J connectivity index is 1.65. The van der Waals surface area contributed by atoms with Crippen LogP contribution in [0.4, 0.5) is 0 Å². The van der Waals surface area contributed by atoms with Crippen molar-refractivity contribution in [1.82, 2.24) is 14.7 Å². The van der Waals surface area contributed by atoms with Gasteiger partial charge in [0.2, 0.25) is 0 Å². The van der Waals surface area contributed by atoms with Crippen LogP contribution in [0.1, 0.15) is 65.1 Å². The zero-order valence-electron chi connectivity index (χ0n) is 13.8. The van der Waals surface area contributed by atoms with Crippen LogP contribution in [0.25, 0.3) is 0 Å². The van der Waals surface area contributed by atoms with Gasteiger partial charge in [-0.25, -0.2) is 4.79 Å². The lowest BCUT2D eigenvalue weighted by molar-refractivity contribution is 0.0685.